The van der Waals surface area contributed by atoms with Crippen molar-refractivity contribution in [1.82, 2.24) is 15.1 Å². The first-order valence-electron chi connectivity index (χ1n) is 8.45. The highest BCUT2D eigenvalue weighted by Crippen LogP contribution is 2.34. The molecule has 3 heterocycles. The number of hydrogen-bond donors (Lipinski definition) is 0. The minimum Gasteiger partial charge on any atom is -0.481 e. The Labute approximate surface area is 149 Å². The molecule has 1 aliphatic heterocycles. The molecule has 0 atom stereocenters. The maximum atomic E-state index is 13.3. The summed E-state index contributed by atoms with van der Waals surface area (Å²) in [6.07, 6.45) is 1.75. The Morgan fingerprint density at radius 2 is 1.77 bits per heavy atom. The fourth-order valence-electron chi connectivity index (χ4n) is 3.32. The molecule has 7 nitrogen and oxygen atoms in total. The lowest BCUT2D eigenvalue weighted by atomic mass is 9.92. The van der Waals surface area contributed by atoms with Crippen molar-refractivity contribution >= 4 is 16.9 Å². The van der Waals surface area contributed by atoms with Crippen LogP contribution in [0.25, 0.3) is 11.0 Å². The van der Waals surface area contributed by atoms with E-state index in [2.05, 4.69) is 20.0 Å². The molecule has 0 bridgehead atoms. The van der Waals surface area contributed by atoms with E-state index in [1.54, 1.807) is 26.4 Å². The highest BCUT2D eigenvalue weighted by Gasteiger charge is 2.26. The van der Waals surface area contributed by atoms with E-state index in [1.807, 2.05) is 0 Å². The molecule has 0 amide bonds. The van der Waals surface area contributed by atoms with Crippen molar-refractivity contribution < 1.29 is 18.4 Å². The number of anilines is 1. The van der Waals surface area contributed by atoms with Crippen LogP contribution in [0, 0.1) is 5.82 Å². The summed E-state index contributed by atoms with van der Waals surface area (Å²) in [4.78, 5) is 10.9. The maximum Gasteiger partial charge on any atom is 0.231 e. The van der Waals surface area contributed by atoms with Crippen molar-refractivity contribution in [2.24, 2.45) is 0 Å². The molecule has 0 aliphatic carbocycles. The number of hydrogen-bond acceptors (Lipinski definition) is 7. The molecule has 1 fully saturated rings. The van der Waals surface area contributed by atoms with Gasteiger partial charge < -0.3 is 18.9 Å². The zero-order valence-electron chi connectivity index (χ0n) is 14.6. The Balaban J connectivity index is 1.52. The molecule has 4 rings (SSSR count). The van der Waals surface area contributed by atoms with Gasteiger partial charge in [-0.1, -0.05) is 5.16 Å². The number of rotatable bonds is 4. The molecular weight excluding hydrogens is 339 g/mol. The first-order chi connectivity index (χ1) is 12.7. The van der Waals surface area contributed by atoms with E-state index in [4.69, 9.17) is 14.0 Å². The van der Waals surface area contributed by atoms with Crippen molar-refractivity contribution in [3.63, 3.8) is 0 Å². The monoisotopic (exact) mass is 358 g/mol. The number of fused-ring (bicyclic) bond motifs is 1. The largest absolute Gasteiger partial charge is 0.481 e. The van der Waals surface area contributed by atoms with E-state index in [0.717, 1.165) is 37.0 Å². The van der Waals surface area contributed by atoms with Gasteiger partial charge in [0.25, 0.3) is 0 Å². The van der Waals surface area contributed by atoms with Gasteiger partial charge in [0.1, 0.15) is 5.82 Å². The Bertz CT molecular complexity index is 900. The van der Waals surface area contributed by atoms with Gasteiger partial charge in [-0.05, 0) is 25.0 Å². The van der Waals surface area contributed by atoms with Gasteiger partial charge in [0.15, 0.2) is 5.58 Å². The third-order valence-electron chi connectivity index (χ3n) is 4.71. The van der Waals surface area contributed by atoms with Crippen LogP contribution in [0.3, 0.4) is 0 Å². The van der Waals surface area contributed by atoms with E-state index in [0.29, 0.717) is 23.3 Å². The molecule has 2 aromatic heterocycles. The summed E-state index contributed by atoms with van der Waals surface area (Å²) >= 11 is 0. The molecule has 136 valence electrons. The summed E-state index contributed by atoms with van der Waals surface area (Å²) < 4.78 is 29.0. The van der Waals surface area contributed by atoms with Gasteiger partial charge in [-0.15, -0.1) is 0 Å². The third kappa shape index (κ3) is 3.02. The van der Waals surface area contributed by atoms with Gasteiger partial charge in [-0.25, -0.2) is 4.39 Å². The van der Waals surface area contributed by atoms with Gasteiger partial charge in [-0.2, -0.15) is 9.97 Å². The highest BCUT2D eigenvalue weighted by molar-refractivity contribution is 5.79. The molecule has 0 spiro atoms. The fraction of sp³-hybridized carbons (Fsp3) is 0.389. The van der Waals surface area contributed by atoms with Gasteiger partial charge in [0.05, 0.1) is 26.0 Å². The number of piperidine rings is 1. The summed E-state index contributed by atoms with van der Waals surface area (Å²) in [7, 11) is 3.13. The predicted octanol–water partition coefficient (Wildman–Crippen LogP) is 3.16. The number of benzene rings is 1. The molecular formula is C18H19FN4O3. The summed E-state index contributed by atoms with van der Waals surface area (Å²) in [6, 6.07) is 6.20. The summed E-state index contributed by atoms with van der Waals surface area (Å²) in [6.45, 7) is 1.55. The molecule has 26 heavy (non-hydrogen) atoms. The molecule has 0 radical (unpaired) electrons. The number of halogens is 1. The minimum absolute atomic E-state index is 0.255. The number of nitrogens with zero attached hydrogens (tertiary/aromatic N) is 4. The van der Waals surface area contributed by atoms with Crippen LogP contribution in [0.4, 0.5) is 10.3 Å². The first kappa shape index (κ1) is 16.6. The van der Waals surface area contributed by atoms with Crippen LogP contribution in [0.5, 0.6) is 11.8 Å². The molecule has 1 aliphatic rings. The second kappa shape index (κ2) is 6.78. The average Bonchev–Trinajstić information content (AvgIpc) is 3.10. The molecule has 0 N–H and O–H groups in total. The van der Waals surface area contributed by atoms with Gasteiger partial charge >= 0.3 is 0 Å². The third-order valence-corrected chi connectivity index (χ3v) is 4.71. The van der Waals surface area contributed by atoms with Crippen molar-refractivity contribution in [3.8, 4) is 11.8 Å². The lowest BCUT2D eigenvalue weighted by Crippen LogP contribution is -2.34. The smallest absolute Gasteiger partial charge is 0.231 e. The zero-order valence-corrected chi connectivity index (χ0v) is 14.6. The Morgan fingerprint density at radius 3 is 2.42 bits per heavy atom. The minimum atomic E-state index is -0.320. The van der Waals surface area contributed by atoms with E-state index < -0.39 is 0 Å². The van der Waals surface area contributed by atoms with Crippen LogP contribution in [0.1, 0.15) is 24.5 Å². The maximum absolute atomic E-state index is 13.3. The van der Waals surface area contributed by atoms with Crippen molar-refractivity contribution in [2.45, 2.75) is 18.8 Å². The van der Waals surface area contributed by atoms with Crippen LogP contribution in [0.2, 0.25) is 0 Å². The number of aromatic nitrogens is 3. The Kier molecular flexibility index (Phi) is 4.32. The van der Waals surface area contributed by atoms with Crippen LogP contribution in [0.15, 0.2) is 28.8 Å². The number of methoxy groups -OCH3 is 2. The molecule has 0 unspecified atom stereocenters. The van der Waals surface area contributed by atoms with Gasteiger partial charge in [0, 0.05) is 30.5 Å². The number of ether oxygens (including phenoxy) is 2. The molecule has 1 aromatic carbocycles. The van der Waals surface area contributed by atoms with Crippen LogP contribution >= 0.6 is 0 Å². The van der Waals surface area contributed by atoms with Gasteiger partial charge in [-0.3, -0.25) is 0 Å². The normalized spacial score (nSPS) is 15.4. The Hall–Kier alpha value is -2.90. The quantitative estimate of drug-likeness (QED) is 0.709. The second-order valence-electron chi connectivity index (χ2n) is 6.22. The topological polar surface area (TPSA) is 73.5 Å². The fourth-order valence-corrected chi connectivity index (χ4v) is 3.32. The summed E-state index contributed by atoms with van der Waals surface area (Å²) in [5.41, 5.74) is 1.38. The zero-order chi connectivity index (χ0) is 18.1. The van der Waals surface area contributed by atoms with E-state index in [1.165, 1.54) is 12.1 Å². The Morgan fingerprint density at radius 1 is 1.08 bits per heavy atom. The lowest BCUT2D eigenvalue weighted by molar-refractivity contribution is 0.369. The summed E-state index contributed by atoms with van der Waals surface area (Å²) in [5.74, 6) is 1.47. The SMILES string of the molecule is COc1cc(OC)nc(N2CCC(c3noc4cc(F)ccc34)CC2)n1. The first-order valence-corrected chi connectivity index (χ1v) is 8.45. The molecule has 1 saturated heterocycles. The second-order valence-corrected chi connectivity index (χ2v) is 6.22. The van der Waals surface area contributed by atoms with Crippen LogP contribution in [-0.4, -0.2) is 42.4 Å². The predicted molar refractivity (Wildman–Crippen MR) is 93.3 cm³/mol. The van der Waals surface area contributed by atoms with Crippen LogP contribution < -0.4 is 14.4 Å². The van der Waals surface area contributed by atoms with E-state index >= 15 is 0 Å². The van der Waals surface area contributed by atoms with Crippen molar-refractivity contribution in [2.75, 3.05) is 32.2 Å². The van der Waals surface area contributed by atoms with Crippen molar-refractivity contribution in [3.05, 3.63) is 35.8 Å². The highest BCUT2D eigenvalue weighted by atomic mass is 19.1. The van der Waals surface area contributed by atoms with E-state index in [9.17, 15) is 4.39 Å². The molecule has 3 aromatic rings. The van der Waals surface area contributed by atoms with Gasteiger partial charge in [0.2, 0.25) is 17.7 Å². The van der Waals surface area contributed by atoms with E-state index in [-0.39, 0.29) is 11.7 Å². The lowest BCUT2D eigenvalue weighted by Gasteiger charge is -2.31. The van der Waals surface area contributed by atoms with Crippen molar-refractivity contribution in [1.29, 1.82) is 0 Å². The standard InChI is InChI=1S/C18H19FN4O3/c1-24-15-10-16(25-2)21-18(20-15)23-7-5-11(6-8-23)17-13-4-3-12(19)9-14(13)26-22-17/h3-4,9-11H,5-8H2,1-2H3. The summed E-state index contributed by atoms with van der Waals surface area (Å²) in [5, 5.41) is 5.06. The average molecular weight is 358 g/mol. The molecule has 0 saturated carbocycles. The molecule has 8 heteroatoms. The van der Waals surface area contributed by atoms with Crippen LogP contribution in [-0.2, 0) is 0 Å².